The number of nitrogens with two attached hydrogens (primary N) is 1. The Bertz CT molecular complexity index is 397. The zero-order chi connectivity index (χ0) is 13.7. The molecule has 1 rings (SSSR count). The molecule has 102 valence electrons. The Kier molecular flexibility index (Phi) is 5.34. The van der Waals surface area contributed by atoms with Gasteiger partial charge in [-0.15, -0.1) is 0 Å². The van der Waals surface area contributed by atoms with Crippen LogP contribution in [0.4, 0.5) is 20.2 Å². The Balaban J connectivity index is 2.83. The SMILES string of the molecule is CCOCC(Nc1cc(F)c(F)cc1N)C(C)C. The smallest absolute Gasteiger partial charge is 0.161 e. The average molecular weight is 258 g/mol. The van der Waals surface area contributed by atoms with Crippen molar-refractivity contribution in [1.29, 1.82) is 0 Å². The Morgan fingerprint density at radius 2 is 1.89 bits per heavy atom. The average Bonchev–Trinajstić information content (AvgIpc) is 2.30. The molecule has 18 heavy (non-hydrogen) atoms. The summed E-state index contributed by atoms with van der Waals surface area (Å²) in [5.41, 5.74) is 6.24. The molecule has 0 fully saturated rings. The first kappa shape index (κ1) is 14.7. The van der Waals surface area contributed by atoms with Gasteiger partial charge in [-0.1, -0.05) is 13.8 Å². The molecule has 1 unspecified atom stereocenters. The minimum Gasteiger partial charge on any atom is -0.397 e. The highest BCUT2D eigenvalue weighted by Gasteiger charge is 2.16. The van der Waals surface area contributed by atoms with Gasteiger partial charge < -0.3 is 15.8 Å². The predicted molar refractivity (Wildman–Crippen MR) is 69.5 cm³/mol. The molecule has 1 aromatic carbocycles. The fourth-order valence-electron chi connectivity index (χ4n) is 1.53. The Hall–Kier alpha value is -1.36. The first-order valence-corrected chi connectivity index (χ1v) is 6.04. The fourth-order valence-corrected chi connectivity index (χ4v) is 1.53. The summed E-state index contributed by atoms with van der Waals surface area (Å²) in [6, 6.07) is 2.05. The molecule has 0 aromatic heterocycles. The summed E-state index contributed by atoms with van der Waals surface area (Å²) in [4.78, 5) is 0. The maximum absolute atomic E-state index is 13.2. The lowest BCUT2D eigenvalue weighted by atomic mass is 10.0. The number of halogens is 2. The predicted octanol–water partition coefficient (Wildman–Crippen LogP) is 3.02. The number of nitrogens with one attached hydrogen (secondary N) is 1. The number of nitrogen functional groups attached to an aromatic ring is 1. The van der Waals surface area contributed by atoms with Gasteiger partial charge in [0, 0.05) is 18.7 Å². The number of hydrogen-bond donors (Lipinski definition) is 2. The van der Waals surface area contributed by atoms with Gasteiger partial charge in [-0.2, -0.15) is 0 Å². The zero-order valence-electron chi connectivity index (χ0n) is 11.0. The molecule has 1 atom stereocenters. The third kappa shape index (κ3) is 3.84. The Labute approximate surface area is 106 Å². The Morgan fingerprint density at radius 1 is 1.28 bits per heavy atom. The van der Waals surface area contributed by atoms with Gasteiger partial charge in [0.1, 0.15) is 0 Å². The van der Waals surface area contributed by atoms with Crippen LogP contribution >= 0.6 is 0 Å². The number of ether oxygens (including phenoxy) is 1. The molecule has 0 bridgehead atoms. The molecule has 5 heteroatoms. The van der Waals surface area contributed by atoms with Crippen molar-refractivity contribution in [1.82, 2.24) is 0 Å². The molecule has 0 saturated carbocycles. The minimum absolute atomic E-state index is 0.00267. The van der Waals surface area contributed by atoms with Crippen LogP contribution in [-0.4, -0.2) is 19.3 Å². The van der Waals surface area contributed by atoms with E-state index in [0.717, 1.165) is 12.1 Å². The summed E-state index contributed by atoms with van der Waals surface area (Å²) in [6.07, 6.45) is 0. The van der Waals surface area contributed by atoms with Gasteiger partial charge in [-0.25, -0.2) is 8.78 Å². The maximum Gasteiger partial charge on any atom is 0.161 e. The van der Waals surface area contributed by atoms with E-state index >= 15 is 0 Å². The standard InChI is InChI=1S/C13H20F2N2O/c1-4-18-7-13(8(2)3)17-12-6-10(15)9(14)5-11(12)16/h5-6,8,13,17H,4,7,16H2,1-3H3. The highest BCUT2D eigenvalue weighted by Crippen LogP contribution is 2.24. The number of rotatable bonds is 6. The van der Waals surface area contributed by atoms with Gasteiger partial charge in [0.15, 0.2) is 11.6 Å². The molecule has 1 aromatic rings. The molecule has 3 N–H and O–H groups in total. The van der Waals surface area contributed by atoms with Gasteiger partial charge in [-0.3, -0.25) is 0 Å². The second-order valence-corrected chi connectivity index (χ2v) is 4.51. The van der Waals surface area contributed by atoms with E-state index in [4.69, 9.17) is 10.5 Å². The van der Waals surface area contributed by atoms with Crippen LogP contribution in [-0.2, 0) is 4.74 Å². The van der Waals surface area contributed by atoms with E-state index in [-0.39, 0.29) is 17.6 Å². The van der Waals surface area contributed by atoms with Crippen LogP contribution in [0.3, 0.4) is 0 Å². The maximum atomic E-state index is 13.2. The molecular weight excluding hydrogens is 238 g/mol. The summed E-state index contributed by atoms with van der Waals surface area (Å²) in [6.45, 7) is 7.05. The summed E-state index contributed by atoms with van der Waals surface area (Å²) in [5, 5.41) is 3.09. The molecule has 0 amide bonds. The van der Waals surface area contributed by atoms with Crippen molar-refractivity contribution in [2.45, 2.75) is 26.8 Å². The van der Waals surface area contributed by atoms with Crippen LogP contribution in [0.15, 0.2) is 12.1 Å². The lowest BCUT2D eigenvalue weighted by molar-refractivity contribution is 0.127. The van der Waals surface area contributed by atoms with Crippen LogP contribution in [0.1, 0.15) is 20.8 Å². The van der Waals surface area contributed by atoms with Crippen molar-refractivity contribution >= 4 is 11.4 Å². The normalized spacial score (nSPS) is 12.8. The molecule has 0 saturated heterocycles. The van der Waals surface area contributed by atoms with E-state index in [9.17, 15) is 8.78 Å². The summed E-state index contributed by atoms with van der Waals surface area (Å²) in [7, 11) is 0. The second-order valence-electron chi connectivity index (χ2n) is 4.51. The van der Waals surface area contributed by atoms with Crippen molar-refractivity contribution in [2.75, 3.05) is 24.3 Å². The second kappa shape index (κ2) is 6.54. The van der Waals surface area contributed by atoms with E-state index in [0.29, 0.717) is 18.9 Å². The van der Waals surface area contributed by atoms with Gasteiger partial charge in [0.05, 0.1) is 24.0 Å². The Morgan fingerprint density at radius 3 is 2.44 bits per heavy atom. The lowest BCUT2D eigenvalue weighted by Crippen LogP contribution is -2.31. The van der Waals surface area contributed by atoms with Crippen molar-refractivity contribution < 1.29 is 13.5 Å². The van der Waals surface area contributed by atoms with Gasteiger partial charge in [-0.05, 0) is 12.8 Å². The summed E-state index contributed by atoms with van der Waals surface area (Å²) < 4.78 is 31.5. The van der Waals surface area contributed by atoms with Crippen LogP contribution in [0, 0.1) is 17.6 Å². The molecule has 0 aliphatic carbocycles. The number of hydrogen-bond acceptors (Lipinski definition) is 3. The molecule has 0 radical (unpaired) electrons. The van der Waals surface area contributed by atoms with Crippen LogP contribution < -0.4 is 11.1 Å². The van der Waals surface area contributed by atoms with E-state index in [2.05, 4.69) is 5.32 Å². The molecular formula is C13H20F2N2O. The zero-order valence-corrected chi connectivity index (χ0v) is 11.0. The fraction of sp³-hybridized carbons (Fsp3) is 0.538. The van der Waals surface area contributed by atoms with Crippen molar-refractivity contribution in [3.63, 3.8) is 0 Å². The highest BCUT2D eigenvalue weighted by molar-refractivity contribution is 5.66. The third-order valence-corrected chi connectivity index (χ3v) is 2.74. The van der Waals surface area contributed by atoms with Gasteiger partial charge in [0.25, 0.3) is 0 Å². The first-order valence-electron chi connectivity index (χ1n) is 6.04. The monoisotopic (exact) mass is 258 g/mol. The van der Waals surface area contributed by atoms with E-state index < -0.39 is 11.6 Å². The van der Waals surface area contributed by atoms with E-state index in [1.165, 1.54) is 0 Å². The van der Waals surface area contributed by atoms with Crippen molar-refractivity contribution in [3.8, 4) is 0 Å². The molecule has 0 heterocycles. The van der Waals surface area contributed by atoms with Gasteiger partial charge >= 0.3 is 0 Å². The first-order chi connectivity index (χ1) is 8.45. The lowest BCUT2D eigenvalue weighted by Gasteiger charge is -2.24. The summed E-state index contributed by atoms with van der Waals surface area (Å²) in [5.74, 6) is -1.57. The number of benzene rings is 1. The van der Waals surface area contributed by atoms with Crippen LogP contribution in [0.25, 0.3) is 0 Å². The van der Waals surface area contributed by atoms with E-state index in [1.54, 1.807) is 0 Å². The van der Waals surface area contributed by atoms with Crippen LogP contribution in [0.5, 0.6) is 0 Å². The van der Waals surface area contributed by atoms with Crippen LogP contribution in [0.2, 0.25) is 0 Å². The quantitative estimate of drug-likeness (QED) is 0.771. The van der Waals surface area contributed by atoms with Crippen molar-refractivity contribution in [2.24, 2.45) is 5.92 Å². The summed E-state index contributed by atoms with van der Waals surface area (Å²) >= 11 is 0. The topological polar surface area (TPSA) is 47.3 Å². The third-order valence-electron chi connectivity index (χ3n) is 2.74. The minimum atomic E-state index is -0.941. The highest BCUT2D eigenvalue weighted by atomic mass is 19.2. The van der Waals surface area contributed by atoms with Gasteiger partial charge in [0.2, 0.25) is 0 Å². The molecule has 0 aliphatic heterocycles. The largest absolute Gasteiger partial charge is 0.397 e. The molecule has 0 aliphatic rings. The molecule has 3 nitrogen and oxygen atoms in total. The number of anilines is 2. The molecule has 0 spiro atoms. The van der Waals surface area contributed by atoms with E-state index in [1.807, 2.05) is 20.8 Å². The van der Waals surface area contributed by atoms with Crippen molar-refractivity contribution in [3.05, 3.63) is 23.8 Å².